The van der Waals surface area contributed by atoms with Gasteiger partial charge < -0.3 is 10.6 Å². The molecule has 0 radical (unpaired) electrons. The van der Waals surface area contributed by atoms with Crippen molar-refractivity contribution < 1.29 is 9.59 Å². The molecule has 3 N–H and O–H groups in total. The molecule has 2 rings (SSSR count). The summed E-state index contributed by atoms with van der Waals surface area (Å²) in [4.78, 5) is 21.4. The Labute approximate surface area is 102 Å². The quantitative estimate of drug-likeness (QED) is 0.449. The summed E-state index contributed by atoms with van der Waals surface area (Å²) in [6, 6.07) is -0.132. The van der Waals surface area contributed by atoms with Gasteiger partial charge in [-0.15, -0.1) is 0 Å². The zero-order valence-electron chi connectivity index (χ0n) is 10.4. The number of amides is 2. The lowest BCUT2D eigenvalue weighted by molar-refractivity contribution is -0.133. The number of carbonyl (C=O) groups excluding carboxylic acids is 2. The lowest BCUT2D eigenvalue weighted by Crippen LogP contribution is -2.47. The molecule has 17 heavy (non-hydrogen) atoms. The van der Waals surface area contributed by atoms with Crippen LogP contribution in [0.1, 0.15) is 25.7 Å². The normalized spacial score (nSPS) is 22.5. The van der Waals surface area contributed by atoms with Crippen LogP contribution in [0.5, 0.6) is 0 Å². The Hall–Kier alpha value is -1.14. The Kier molecular flexibility index (Phi) is 6.57. The molecule has 2 fully saturated rings. The van der Waals surface area contributed by atoms with E-state index < -0.39 is 0 Å². The number of hydrazine groups is 1. The predicted molar refractivity (Wildman–Crippen MR) is 65.1 cm³/mol. The third-order valence-corrected chi connectivity index (χ3v) is 2.78. The second kappa shape index (κ2) is 8.03. The first-order chi connectivity index (χ1) is 8.24. The van der Waals surface area contributed by atoms with E-state index >= 15 is 0 Å². The zero-order chi connectivity index (χ0) is 12.5. The molecule has 0 saturated carbocycles. The first-order valence-electron chi connectivity index (χ1n) is 6.17. The van der Waals surface area contributed by atoms with Crippen LogP contribution >= 0.6 is 0 Å². The van der Waals surface area contributed by atoms with Crippen molar-refractivity contribution in [2.24, 2.45) is 0 Å². The van der Waals surface area contributed by atoms with Gasteiger partial charge in [0.25, 0.3) is 5.91 Å². The van der Waals surface area contributed by atoms with E-state index in [2.05, 4.69) is 16.1 Å². The van der Waals surface area contributed by atoms with Gasteiger partial charge in [0.2, 0.25) is 6.41 Å². The lowest BCUT2D eigenvalue weighted by atomic mass is 10.2. The molecule has 0 bridgehead atoms. The van der Waals surface area contributed by atoms with Crippen molar-refractivity contribution in [2.45, 2.75) is 31.7 Å². The highest BCUT2D eigenvalue weighted by Crippen LogP contribution is 2.04. The van der Waals surface area contributed by atoms with Gasteiger partial charge in [-0.05, 0) is 45.3 Å². The van der Waals surface area contributed by atoms with Gasteiger partial charge in [-0.2, -0.15) is 0 Å². The molecule has 2 aliphatic rings. The number of hydrogen-bond acceptors (Lipinski definition) is 4. The van der Waals surface area contributed by atoms with Crippen LogP contribution < -0.4 is 16.1 Å². The average molecular weight is 242 g/mol. The van der Waals surface area contributed by atoms with E-state index in [4.69, 9.17) is 0 Å². The number of nitrogens with zero attached hydrogens (tertiary/aromatic N) is 1. The minimum atomic E-state index is -0.137. The molecule has 0 aromatic heterocycles. The van der Waals surface area contributed by atoms with E-state index in [-0.39, 0.29) is 11.9 Å². The Bertz CT molecular complexity index is 230. The molecule has 0 aromatic rings. The van der Waals surface area contributed by atoms with Crippen molar-refractivity contribution in [1.82, 2.24) is 21.1 Å². The molecule has 2 heterocycles. The van der Waals surface area contributed by atoms with Crippen molar-refractivity contribution in [3.63, 3.8) is 0 Å². The maximum Gasteiger partial charge on any atom is 0.255 e. The number of nitrogens with one attached hydrogen (secondary N) is 3. The van der Waals surface area contributed by atoms with Crippen LogP contribution in [0, 0.1) is 0 Å². The topological polar surface area (TPSA) is 73.5 Å². The SMILES string of the molecule is C1CCNC1.CN(C=O)NC(=O)C1CCCN1. The molecule has 1 atom stereocenters. The van der Waals surface area contributed by atoms with Crippen LogP contribution in [0.4, 0.5) is 0 Å². The minimum absolute atomic E-state index is 0.132. The Morgan fingerprint density at radius 2 is 2.00 bits per heavy atom. The van der Waals surface area contributed by atoms with E-state index in [0.29, 0.717) is 6.41 Å². The summed E-state index contributed by atoms with van der Waals surface area (Å²) >= 11 is 0. The zero-order valence-corrected chi connectivity index (χ0v) is 10.4. The average Bonchev–Trinajstić information content (AvgIpc) is 3.04. The molecule has 98 valence electrons. The van der Waals surface area contributed by atoms with Gasteiger partial charge in [-0.25, -0.2) is 0 Å². The summed E-state index contributed by atoms with van der Waals surface area (Å²) in [7, 11) is 1.50. The van der Waals surface area contributed by atoms with Crippen LogP contribution in [-0.2, 0) is 9.59 Å². The van der Waals surface area contributed by atoms with E-state index in [1.54, 1.807) is 0 Å². The van der Waals surface area contributed by atoms with Crippen molar-refractivity contribution >= 4 is 12.3 Å². The molecule has 6 heteroatoms. The van der Waals surface area contributed by atoms with Crippen molar-refractivity contribution in [1.29, 1.82) is 0 Å². The Balaban J connectivity index is 0.000000239. The number of rotatable bonds is 3. The van der Waals surface area contributed by atoms with Gasteiger partial charge in [0, 0.05) is 7.05 Å². The highest BCUT2D eigenvalue weighted by atomic mass is 16.2. The fraction of sp³-hybridized carbons (Fsp3) is 0.818. The van der Waals surface area contributed by atoms with Gasteiger partial charge in [0.15, 0.2) is 0 Å². The minimum Gasteiger partial charge on any atom is -0.317 e. The largest absolute Gasteiger partial charge is 0.317 e. The van der Waals surface area contributed by atoms with Crippen molar-refractivity contribution in [2.75, 3.05) is 26.7 Å². The highest BCUT2D eigenvalue weighted by Gasteiger charge is 2.22. The maximum absolute atomic E-state index is 11.2. The van der Waals surface area contributed by atoms with Gasteiger partial charge in [-0.3, -0.25) is 20.0 Å². The van der Waals surface area contributed by atoms with Gasteiger partial charge in [-0.1, -0.05) is 0 Å². The van der Waals surface area contributed by atoms with Gasteiger partial charge >= 0.3 is 0 Å². The Morgan fingerprint density at radius 3 is 2.41 bits per heavy atom. The molecule has 1 unspecified atom stereocenters. The van der Waals surface area contributed by atoms with Crippen molar-refractivity contribution in [3.05, 3.63) is 0 Å². The monoisotopic (exact) mass is 242 g/mol. The van der Waals surface area contributed by atoms with E-state index in [1.807, 2.05) is 0 Å². The molecule has 0 aromatic carbocycles. The Morgan fingerprint density at radius 1 is 1.29 bits per heavy atom. The molecular weight excluding hydrogens is 220 g/mol. The van der Waals surface area contributed by atoms with Crippen LogP contribution in [0.15, 0.2) is 0 Å². The van der Waals surface area contributed by atoms with E-state index in [0.717, 1.165) is 24.4 Å². The molecule has 2 aliphatic heterocycles. The highest BCUT2D eigenvalue weighted by molar-refractivity contribution is 5.82. The fourth-order valence-corrected chi connectivity index (χ4v) is 1.81. The smallest absolute Gasteiger partial charge is 0.255 e. The van der Waals surface area contributed by atoms with E-state index in [9.17, 15) is 9.59 Å². The summed E-state index contributed by atoms with van der Waals surface area (Å²) in [6.07, 6.45) is 5.20. The molecule has 6 nitrogen and oxygen atoms in total. The molecule has 0 aliphatic carbocycles. The van der Waals surface area contributed by atoms with Gasteiger partial charge in [0.1, 0.15) is 0 Å². The summed E-state index contributed by atoms with van der Waals surface area (Å²) < 4.78 is 0. The van der Waals surface area contributed by atoms with Crippen LogP contribution in [0.25, 0.3) is 0 Å². The summed E-state index contributed by atoms with van der Waals surface area (Å²) in [5.74, 6) is -0.137. The first-order valence-corrected chi connectivity index (χ1v) is 6.17. The van der Waals surface area contributed by atoms with Crippen LogP contribution in [0.2, 0.25) is 0 Å². The summed E-state index contributed by atoms with van der Waals surface area (Å²) in [5.41, 5.74) is 2.44. The van der Waals surface area contributed by atoms with Gasteiger partial charge in [0.05, 0.1) is 6.04 Å². The third kappa shape index (κ3) is 5.65. The van der Waals surface area contributed by atoms with E-state index in [1.165, 1.54) is 33.0 Å². The maximum atomic E-state index is 11.2. The molecule has 2 amide bonds. The second-order valence-electron chi connectivity index (χ2n) is 4.30. The van der Waals surface area contributed by atoms with Crippen molar-refractivity contribution in [3.8, 4) is 0 Å². The lowest BCUT2D eigenvalue weighted by Gasteiger charge is -2.15. The van der Waals surface area contributed by atoms with Crippen LogP contribution in [-0.4, -0.2) is 50.0 Å². The molecule has 0 spiro atoms. The summed E-state index contributed by atoms with van der Waals surface area (Å²) in [5, 5.41) is 7.37. The molecular formula is C11H22N4O2. The second-order valence-corrected chi connectivity index (χ2v) is 4.30. The number of carbonyl (C=O) groups is 2. The first kappa shape index (κ1) is 13.9. The van der Waals surface area contributed by atoms with Crippen LogP contribution in [0.3, 0.4) is 0 Å². The summed E-state index contributed by atoms with van der Waals surface area (Å²) in [6.45, 7) is 3.38. The molecule has 2 saturated heterocycles. The third-order valence-electron chi connectivity index (χ3n) is 2.78. The number of hydrogen-bond donors (Lipinski definition) is 3. The standard InChI is InChI=1S/C7H13N3O2.C4H9N/c1-10(5-11)9-7(12)6-3-2-4-8-6;1-2-4-5-3-1/h5-6,8H,2-4H2,1H3,(H,9,12);5H,1-4H2. The fourth-order valence-electron chi connectivity index (χ4n) is 1.81. The predicted octanol–water partition coefficient (Wildman–Crippen LogP) is -0.772.